The molecule has 2 atom stereocenters. The summed E-state index contributed by atoms with van der Waals surface area (Å²) >= 11 is 0. The number of cyclic esters (lactones) is 1. The topological polar surface area (TPSA) is 114 Å². The zero-order valence-corrected chi connectivity index (χ0v) is 16.2. The number of carbonyl (C=O) groups is 3. The van der Waals surface area contributed by atoms with Crippen LogP contribution in [0.4, 0.5) is 20.6 Å². The number of aliphatic hydroxyl groups is 1. The summed E-state index contributed by atoms with van der Waals surface area (Å²) in [5, 5.41) is 13.3. The Morgan fingerprint density at radius 2 is 2.17 bits per heavy atom. The Hall–Kier alpha value is -2.92. The highest BCUT2D eigenvalue weighted by Gasteiger charge is 2.33. The van der Waals surface area contributed by atoms with Gasteiger partial charge in [0.2, 0.25) is 5.91 Å². The third-order valence-corrected chi connectivity index (χ3v) is 4.71. The molecule has 2 aliphatic rings. The molecular formula is C18H24FN5O5. The van der Waals surface area contributed by atoms with Gasteiger partial charge in [0.25, 0.3) is 5.91 Å². The lowest BCUT2D eigenvalue weighted by molar-refractivity contribution is -0.143. The van der Waals surface area contributed by atoms with Gasteiger partial charge in [0.05, 0.1) is 37.7 Å². The maximum Gasteiger partial charge on any atom is 0.414 e. The van der Waals surface area contributed by atoms with Gasteiger partial charge in [0.15, 0.2) is 0 Å². The zero-order chi connectivity index (χ0) is 21.1. The first-order chi connectivity index (χ1) is 13.8. The number of rotatable bonds is 5. The van der Waals surface area contributed by atoms with Crippen LogP contribution in [-0.2, 0) is 14.3 Å². The predicted octanol–water partition coefficient (Wildman–Crippen LogP) is -0.221. The standard InChI is InChI=1S/C18H24FN5O5/c1-11(25)17(27)24-6-5-22(10-21-24)16-4-3-13(7-15(16)19)23-9-14(29-18(23)28)8-20-12(2)26/h3-4,7,11,14,21,25H,5-6,8-10H2,1-2H3,(H,20,26)/t11?,14-/m0/s1. The average Bonchev–Trinajstić information content (AvgIpc) is 3.06. The minimum atomic E-state index is -1.11. The SMILES string of the molecule is CC(=O)NC[C@H]1CN(c2ccc(N3CCN(C(=O)C(C)O)NC3)c(F)c2)C(=O)O1. The van der Waals surface area contributed by atoms with Crippen molar-refractivity contribution in [3.05, 3.63) is 24.0 Å². The minimum absolute atomic E-state index is 0.194. The van der Waals surface area contributed by atoms with Crippen molar-refractivity contribution in [2.45, 2.75) is 26.1 Å². The predicted molar refractivity (Wildman–Crippen MR) is 101 cm³/mol. The third-order valence-electron chi connectivity index (χ3n) is 4.71. The lowest BCUT2D eigenvalue weighted by Crippen LogP contribution is -2.58. The Morgan fingerprint density at radius 3 is 2.76 bits per heavy atom. The monoisotopic (exact) mass is 409 g/mol. The van der Waals surface area contributed by atoms with E-state index >= 15 is 0 Å². The molecule has 0 bridgehead atoms. The normalized spacial score (nSPS) is 20.5. The van der Waals surface area contributed by atoms with Crippen LogP contribution in [0.15, 0.2) is 18.2 Å². The summed E-state index contributed by atoms with van der Waals surface area (Å²) in [4.78, 5) is 37.9. The molecule has 2 heterocycles. The summed E-state index contributed by atoms with van der Waals surface area (Å²) in [5.41, 5.74) is 3.53. The molecule has 3 N–H and O–H groups in total. The van der Waals surface area contributed by atoms with Gasteiger partial charge >= 0.3 is 6.09 Å². The molecule has 3 amide bonds. The lowest BCUT2D eigenvalue weighted by atomic mass is 10.2. The number of carbonyl (C=O) groups excluding carboxylic acids is 3. The summed E-state index contributed by atoms with van der Waals surface area (Å²) in [7, 11) is 0. The average molecular weight is 409 g/mol. The number of anilines is 2. The van der Waals surface area contributed by atoms with Gasteiger partial charge < -0.3 is 20.1 Å². The van der Waals surface area contributed by atoms with E-state index in [4.69, 9.17) is 4.74 Å². The van der Waals surface area contributed by atoms with Crippen LogP contribution in [0.3, 0.4) is 0 Å². The molecule has 1 aromatic rings. The van der Waals surface area contributed by atoms with E-state index in [0.29, 0.717) is 17.9 Å². The fourth-order valence-corrected chi connectivity index (χ4v) is 3.19. The molecule has 11 heteroatoms. The van der Waals surface area contributed by atoms with Gasteiger partial charge in [-0.15, -0.1) is 0 Å². The van der Waals surface area contributed by atoms with E-state index in [1.807, 2.05) is 0 Å². The summed E-state index contributed by atoms with van der Waals surface area (Å²) in [6.45, 7) is 4.02. The van der Waals surface area contributed by atoms with Crippen LogP contribution in [0.25, 0.3) is 0 Å². The number of nitrogens with zero attached hydrogens (tertiary/aromatic N) is 3. The first kappa shape index (κ1) is 20.8. The molecule has 1 unspecified atom stereocenters. The van der Waals surface area contributed by atoms with Gasteiger partial charge in [-0.05, 0) is 25.1 Å². The van der Waals surface area contributed by atoms with E-state index in [-0.39, 0.29) is 32.2 Å². The Balaban J connectivity index is 1.63. The largest absolute Gasteiger partial charge is 0.442 e. The van der Waals surface area contributed by atoms with Gasteiger partial charge in [0.1, 0.15) is 18.0 Å². The Labute approximate surface area is 167 Å². The highest BCUT2D eigenvalue weighted by Crippen LogP contribution is 2.28. The van der Waals surface area contributed by atoms with Crippen LogP contribution in [0, 0.1) is 5.82 Å². The molecule has 2 fully saturated rings. The Bertz CT molecular complexity index is 797. The fourth-order valence-electron chi connectivity index (χ4n) is 3.19. The van der Waals surface area contributed by atoms with E-state index in [9.17, 15) is 23.9 Å². The van der Waals surface area contributed by atoms with Crippen molar-refractivity contribution >= 4 is 29.3 Å². The molecule has 2 aliphatic heterocycles. The van der Waals surface area contributed by atoms with E-state index in [1.165, 1.54) is 29.8 Å². The maximum atomic E-state index is 14.7. The van der Waals surface area contributed by atoms with Gasteiger partial charge in [-0.25, -0.2) is 14.6 Å². The minimum Gasteiger partial charge on any atom is -0.442 e. The maximum absolute atomic E-state index is 14.7. The third kappa shape index (κ3) is 4.74. The second-order valence-corrected chi connectivity index (χ2v) is 6.93. The number of ether oxygens (including phenoxy) is 1. The van der Waals surface area contributed by atoms with Gasteiger partial charge in [0, 0.05) is 13.5 Å². The number of hydrogen-bond acceptors (Lipinski definition) is 7. The Kier molecular flexibility index (Phi) is 6.18. The lowest BCUT2D eigenvalue weighted by Gasteiger charge is -2.37. The molecule has 29 heavy (non-hydrogen) atoms. The summed E-state index contributed by atoms with van der Waals surface area (Å²) in [6, 6.07) is 4.44. The number of benzene rings is 1. The molecule has 158 valence electrons. The number of hydrazine groups is 1. The van der Waals surface area contributed by atoms with Crippen molar-refractivity contribution in [1.82, 2.24) is 15.8 Å². The highest BCUT2D eigenvalue weighted by molar-refractivity contribution is 5.90. The van der Waals surface area contributed by atoms with Crippen molar-refractivity contribution < 1.29 is 28.6 Å². The van der Waals surface area contributed by atoms with Crippen molar-refractivity contribution in [3.8, 4) is 0 Å². The quantitative estimate of drug-likeness (QED) is 0.616. The molecular weight excluding hydrogens is 385 g/mol. The van der Waals surface area contributed by atoms with Crippen molar-refractivity contribution in [2.75, 3.05) is 42.6 Å². The molecule has 0 aliphatic carbocycles. The summed E-state index contributed by atoms with van der Waals surface area (Å²) < 4.78 is 19.9. The number of halogens is 1. The van der Waals surface area contributed by atoms with Gasteiger partial charge in [-0.3, -0.25) is 19.5 Å². The van der Waals surface area contributed by atoms with E-state index < -0.39 is 30.0 Å². The first-order valence-corrected chi connectivity index (χ1v) is 9.26. The molecule has 0 aromatic heterocycles. The number of nitrogens with one attached hydrogen (secondary N) is 2. The highest BCUT2D eigenvalue weighted by atomic mass is 19.1. The first-order valence-electron chi connectivity index (χ1n) is 9.26. The molecule has 0 saturated carbocycles. The molecule has 3 rings (SSSR count). The number of amides is 3. The fraction of sp³-hybridized carbons (Fsp3) is 0.500. The van der Waals surface area contributed by atoms with Crippen molar-refractivity contribution in [2.24, 2.45) is 0 Å². The van der Waals surface area contributed by atoms with E-state index in [1.54, 1.807) is 17.0 Å². The summed E-state index contributed by atoms with van der Waals surface area (Å²) in [5.74, 6) is -1.18. The second kappa shape index (κ2) is 8.62. The Morgan fingerprint density at radius 1 is 1.41 bits per heavy atom. The van der Waals surface area contributed by atoms with E-state index in [0.717, 1.165) is 0 Å². The van der Waals surface area contributed by atoms with E-state index in [2.05, 4.69) is 10.7 Å². The van der Waals surface area contributed by atoms with Crippen molar-refractivity contribution in [1.29, 1.82) is 0 Å². The molecule has 10 nitrogen and oxygen atoms in total. The molecule has 1 aromatic carbocycles. The van der Waals surface area contributed by atoms with Crippen LogP contribution in [0.2, 0.25) is 0 Å². The molecule has 0 spiro atoms. The van der Waals surface area contributed by atoms with Gasteiger partial charge in [-0.1, -0.05) is 0 Å². The van der Waals surface area contributed by atoms with Crippen molar-refractivity contribution in [3.63, 3.8) is 0 Å². The summed E-state index contributed by atoms with van der Waals surface area (Å²) in [6.07, 6.45) is -2.21. The van der Waals surface area contributed by atoms with Crippen LogP contribution < -0.4 is 20.5 Å². The number of hydrogen-bond donors (Lipinski definition) is 3. The van der Waals surface area contributed by atoms with Crippen LogP contribution in [-0.4, -0.2) is 73.1 Å². The van der Waals surface area contributed by atoms with Crippen LogP contribution in [0.5, 0.6) is 0 Å². The second-order valence-electron chi connectivity index (χ2n) is 6.93. The van der Waals surface area contributed by atoms with Crippen LogP contribution >= 0.6 is 0 Å². The van der Waals surface area contributed by atoms with Crippen LogP contribution in [0.1, 0.15) is 13.8 Å². The molecule has 2 saturated heterocycles. The van der Waals surface area contributed by atoms with Gasteiger partial charge in [-0.2, -0.15) is 0 Å². The smallest absolute Gasteiger partial charge is 0.414 e. The zero-order valence-electron chi connectivity index (χ0n) is 16.2. The molecule has 0 radical (unpaired) electrons. The number of aliphatic hydroxyl groups excluding tert-OH is 1.